The standard InChI is InChI=1S/C19H25BO5/c1-18(2)7-4-8-19(3)13(18)6-5-12-14(19)10-9-11(21)16(22)15(20(23)24)17(10)25-12/h9,13,21-24H,4-8H2,1-3H3/t13?,19-/m0/s1. The summed E-state index contributed by atoms with van der Waals surface area (Å²) in [6, 6.07) is 1.51. The van der Waals surface area contributed by atoms with Crippen LogP contribution in [0, 0.1) is 11.3 Å². The molecule has 1 aromatic carbocycles. The van der Waals surface area contributed by atoms with Gasteiger partial charge in [-0.15, -0.1) is 0 Å². The number of aryl methyl sites for hydroxylation is 1. The van der Waals surface area contributed by atoms with Crippen LogP contribution in [0.4, 0.5) is 0 Å². The fourth-order valence-electron chi connectivity index (χ4n) is 5.73. The monoisotopic (exact) mass is 344 g/mol. The lowest BCUT2D eigenvalue weighted by atomic mass is 9.51. The number of benzene rings is 1. The lowest BCUT2D eigenvalue weighted by Crippen LogP contribution is -2.47. The zero-order chi connectivity index (χ0) is 18.1. The summed E-state index contributed by atoms with van der Waals surface area (Å²) in [7, 11) is -1.91. The summed E-state index contributed by atoms with van der Waals surface area (Å²) in [4.78, 5) is 0. The Morgan fingerprint density at radius 1 is 1.16 bits per heavy atom. The van der Waals surface area contributed by atoms with Gasteiger partial charge in [0.1, 0.15) is 11.3 Å². The number of furan rings is 1. The van der Waals surface area contributed by atoms with E-state index in [-0.39, 0.29) is 27.6 Å². The van der Waals surface area contributed by atoms with Crippen molar-refractivity contribution in [3.8, 4) is 11.5 Å². The quantitative estimate of drug-likeness (QED) is 0.471. The van der Waals surface area contributed by atoms with Crippen molar-refractivity contribution >= 4 is 23.6 Å². The minimum Gasteiger partial charge on any atom is -0.504 e. The van der Waals surface area contributed by atoms with E-state index in [0.717, 1.165) is 37.0 Å². The molecular weight excluding hydrogens is 319 g/mol. The van der Waals surface area contributed by atoms with Crippen molar-refractivity contribution in [1.29, 1.82) is 0 Å². The maximum Gasteiger partial charge on any atom is 0.496 e. The van der Waals surface area contributed by atoms with Crippen molar-refractivity contribution in [3.63, 3.8) is 0 Å². The van der Waals surface area contributed by atoms with Crippen molar-refractivity contribution in [2.24, 2.45) is 11.3 Å². The molecule has 0 spiro atoms. The molecule has 2 aliphatic carbocycles. The van der Waals surface area contributed by atoms with Crippen LogP contribution in [0.5, 0.6) is 11.5 Å². The third-order valence-electron chi connectivity index (χ3n) is 6.76. The van der Waals surface area contributed by atoms with Gasteiger partial charge >= 0.3 is 7.12 Å². The van der Waals surface area contributed by atoms with Crippen LogP contribution in [0.3, 0.4) is 0 Å². The molecule has 0 radical (unpaired) electrons. The van der Waals surface area contributed by atoms with Gasteiger partial charge in [0.25, 0.3) is 0 Å². The summed E-state index contributed by atoms with van der Waals surface area (Å²) in [6.07, 6.45) is 5.19. The average Bonchev–Trinajstić information content (AvgIpc) is 2.86. The third-order valence-corrected chi connectivity index (χ3v) is 6.76. The second kappa shape index (κ2) is 5.18. The molecule has 1 aromatic heterocycles. The molecule has 1 unspecified atom stereocenters. The maximum absolute atomic E-state index is 10.1. The first-order valence-electron chi connectivity index (χ1n) is 9.03. The molecule has 6 heteroatoms. The predicted octanol–water partition coefficient (Wildman–Crippen LogP) is 2.55. The van der Waals surface area contributed by atoms with E-state index in [1.165, 1.54) is 12.5 Å². The fourth-order valence-corrected chi connectivity index (χ4v) is 5.73. The lowest BCUT2D eigenvalue weighted by molar-refractivity contribution is 0.0387. The van der Waals surface area contributed by atoms with Crippen LogP contribution in [0.15, 0.2) is 10.5 Å². The number of aromatic hydroxyl groups is 2. The second-order valence-electron chi connectivity index (χ2n) is 8.66. The van der Waals surface area contributed by atoms with Gasteiger partial charge in [-0.1, -0.05) is 27.2 Å². The van der Waals surface area contributed by atoms with E-state index in [9.17, 15) is 20.3 Å². The molecule has 4 rings (SSSR count). The van der Waals surface area contributed by atoms with Crippen LogP contribution in [0.2, 0.25) is 0 Å². The summed E-state index contributed by atoms with van der Waals surface area (Å²) in [5, 5.41) is 40.3. The second-order valence-corrected chi connectivity index (χ2v) is 8.66. The molecule has 2 aromatic rings. The third kappa shape index (κ3) is 2.17. The number of fused-ring (bicyclic) bond motifs is 5. The largest absolute Gasteiger partial charge is 0.504 e. The highest BCUT2D eigenvalue weighted by Crippen LogP contribution is 2.59. The average molecular weight is 344 g/mol. The van der Waals surface area contributed by atoms with E-state index in [1.807, 2.05) is 0 Å². The minimum absolute atomic E-state index is 0.0817. The van der Waals surface area contributed by atoms with Gasteiger partial charge < -0.3 is 24.7 Å². The Hall–Kier alpha value is -1.66. The molecule has 4 N–H and O–H groups in total. The molecule has 134 valence electrons. The van der Waals surface area contributed by atoms with E-state index < -0.39 is 12.9 Å². The highest BCUT2D eigenvalue weighted by molar-refractivity contribution is 6.63. The predicted molar refractivity (Wildman–Crippen MR) is 96.2 cm³/mol. The van der Waals surface area contributed by atoms with Crippen LogP contribution in [-0.2, 0) is 11.8 Å². The zero-order valence-corrected chi connectivity index (χ0v) is 15.0. The summed E-state index contributed by atoms with van der Waals surface area (Å²) in [5.41, 5.74) is 1.35. The molecule has 1 fully saturated rings. The molecule has 25 heavy (non-hydrogen) atoms. The maximum atomic E-state index is 10.1. The normalized spacial score (nSPS) is 27.8. The van der Waals surface area contributed by atoms with Gasteiger partial charge in [0, 0.05) is 17.4 Å². The van der Waals surface area contributed by atoms with Crippen molar-refractivity contribution in [3.05, 3.63) is 17.4 Å². The number of hydrogen-bond donors (Lipinski definition) is 4. The SMILES string of the molecule is CC1(C)CCC[C@]2(C)c3c(oc4c(B(O)O)c(O)c(O)cc34)CCC12. The van der Waals surface area contributed by atoms with Gasteiger partial charge in [-0.25, -0.2) is 0 Å². The Bertz CT molecular complexity index is 853. The Morgan fingerprint density at radius 3 is 2.56 bits per heavy atom. The number of phenolic OH excluding ortho intramolecular Hbond substituents is 2. The molecule has 0 amide bonds. The van der Waals surface area contributed by atoms with Gasteiger partial charge in [0.05, 0.1) is 5.46 Å². The van der Waals surface area contributed by atoms with Crippen molar-refractivity contribution in [2.75, 3.05) is 0 Å². The molecule has 0 bridgehead atoms. The van der Waals surface area contributed by atoms with E-state index in [0.29, 0.717) is 11.3 Å². The van der Waals surface area contributed by atoms with Crippen molar-refractivity contribution < 1.29 is 24.7 Å². The molecule has 5 nitrogen and oxygen atoms in total. The lowest BCUT2D eigenvalue weighted by Gasteiger charge is -2.53. The Kier molecular flexibility index (Phi) is 3.48. The minimum atomic E-state index is -1.91. The van der Waals surface area contributed by atoms with Gasteiger partial charge in [0.2, 0.25) is 0 Å². The number of hydrogen-bond acceptors (Lipinski definition) is 5. The smallest absolute Gasteiger partial charge is 0.496 e. The van der Waals surface area contributed by atoms with E-state index in [4.69, 9.17) is 4.42 Å². The van der Waals surface area contributed by atoms with Gasteiger partial charge in [-0.3, -0.25) is 0 Å². The van der Waals surface area contributed by atoms with Crippen LogP contribution in [0.25, 0.3) is 11.0 Å². The summed E-state index contributed by atoms with van der Waals surface area (Å²) in [5.74, 6) is 0.470. The van der Waals surface area contributed by atoms with Crippen molar-refractivity contribution in [1.82, 2.24) is 0 Å². The molecule has 0 saturated heterocycles. The Morgan fingerprint density at radius 2 is 1.88 bits per heavy atom. The molecule has 1 saturated carbocycles. The van der Waals surface area contributed by atoms with Crippen LogP contribution < -0.4 is 5.46 Å². The molecule has 2 atom stereocenters. The van der Waals surface area contributed by atoms with E-state index in [2.05, 4.69) is 20.8 Å². The molecular formula is C19H25BO5. The fraction of sp³-hybridized carbons (Fsp3) is 0.579. The first-order chi connectivity index (χ1) is 11.7. The highest BCUT2D eigenvalue weighted by Gasteiger charge is 2.52. The summed E-state index contributed by atoms with van der Waals surface area (Å²) < 4.78 is 6.01. The first kappa shape index (κ1) is 16.8. The molecule has 2 aliphatic rings. The highest BCUT2D eigenvalue weighted by atomic mass is 16.4. The Balaban J connectivity index is 2.03. The molecule has 0 aliphatic heterocycles. The molecule has 1 heterocycles. The Labute approximate surface area is 147 Å². The number of phenols is 2. The van der Waals surface area contributed by atoms with Crippen molar-refractivity contribution in [2.45, 2.75) is 58.3 Å². The first-order valence-corrected chi connectivity index (χ1v) is 9.03. The van der Waals surface area contributed by atoms with Crippen LogP contribution in [0.1, 0.15) is 57.8 Å². The van der Waals surface area contributed by atoms with Gasteiger partial charge in [-0.2, -0.15) is 0 Å². The summed E-state index contributed by atoms with van der Waals surface area (Å²) in [6.45, 7) is 6.92. The van der Waals surface area contributed by atoms with Gasteiger partial charge in [-0.05, 0) is 42.1 Å². The summed E-state index contributed by atoms with van der Waals surface area (Å²) >= 11 is 0. The topological polar surface area (TPSA) is 94.1 Å². The van der Waals surface area contributed by atoms with E-state index in [1.54, 1.807) is 0 Å². The zero-order valence-electron chi connectivity index (χ0n) is 15.0. The van der Waals surface area contributed by atoms with Crippen LogP contribution >= 0.6 is 0 Å². The van der Waals surface area contributed by atoms with E-state index >= 15 is 0 Å². The van der Waals surface area contributed by atoms with Gasteiger partial charge in [0.15, 0.2) is 11.5 Å². The van der Waals surface area contributed by atoms with Crippen LogP contribution in [-0.4, -0.2) is 27.4 Å². The number of rotatable bonds is 1.